The molecule has 0 bridgehead atoms. The molecule has 72 valence electrons. The standard InChI is InChI=1S/C7H14FNO2S/c8-5-12(10,11)7-2-1-6(3-7)4-9/h6-7H,1-5,9H2. The van der Waals surface area contributed by atoms with Crippen LogP contribution in [0.1, 0.15) is 19.3 Å². The third-order valence-corrected chi connectivity index (χ3v) is 4.23. The highest BCUT2D eigenvalue weighted by molar-refractivity contribution is 7.91. The van der Waals surface area contributed by atoms with Crippen LogP contribution in [0.2, 0.25) is 0 Å². The van der Waals surface area contributed by atoms with Crippen LogP contribution in [0.5, 0.6) is 0 Å². The van der Waals surface area contributed by atoms with E-state index in [4.69, 9.17) is 5.73 Å². The minimum Gasteiger partial charge on any atom is -0.330 e. The van der Waals surface area contributed by atoms with E-state index in [0.717, 1.165) is 6.42 Å². The lowest BCUT2D eigenvalue weighted by Crippen LogP contribution is -2.20. The Morgan fingerprint density at radius 3 is 2.50 bits per heavy atom. The normalized spacial score (nSPS) is 30.8. The fraction of sp³-hybridized carbons (Fsp3) is 1.00. The number of hydrogen-bond acceptors (Lipinski definition) is 3. The number of sulfone groups is 1. The molecule has 0 aromatic carbocycles. The molecule has 1 rings (SSSR count). The number of hydrogen-bond donors (Lipinski definition) is 1. The molecule has 0 amide bonds. The Bertz CT molecular complexity index is 240. The number of alkyl halides is 1. The van der Waals surface area contributed by atoms with Gasteiger partial charge in [0.2, 0.25) is 0 Å². The van der Waals surface area contributed by atoms with E-state index in [1.54, 1.807) is 0 Å². The monoisotopic (exact) mass is 195 g/mol. The lowest BCUT2D eigenvalue weighted by atomic mass is 10.1. The summed E-state index contributed by atoms with van der Waals surface area (Å²) in [6.45, 7) is 0.512. The van der Waals surface area contributed by atoms with E-state index in [9.17, 15) is 12.8 Å². The predicted molar refractivity (Wildman–Crippen MR) is 45.1 cm³/mol. The van der Waals surface area contributed by atoms with Gasteiger partial charge < -0.3 is 5.73 Å². The van der Waals surface area contributed by atoms with Crippen molar-refractivity contribution in [1.29, 1.82) is 0 Å². The van der Waals surface area contributed by atoms with Gasteiger partial charge in [-0.05, 0) is 31.7 Å². The van der Waals surface area contributed by atoms with Gasteiger partial charge in [0.05, 0.1) is 5.25 Å². The molecule has 0 aliphatic heterocycles. The average molecular weight is 195 g/mol. The summed E-state index contributed by atoms with van der Waals surface area (Å²) in [7, 11) is -3.46. The van der Waals surface area contributed by atoms with Crippen LogP contribution in [0.4, 0.5) is 4.39 Å². The number of nitrogens with two attached hydrogens (primary N) is 1. The summed E-state index contributed by atoms with van der Waals surface area (Å²) in [5, 5.41) is -0.476. The van der Waals surface area contributed by atoms with Gasteiger partial charge in [-0.25, -0.2) is 12.8 Å². The van der Waals surface area contributed by atoms with E-state index in [1.165, 1.54) is 0 Å². The SMILES string of the molecule is NCC1CCC(S(=O)(=O)CF)C1. The first-order valence-corrected chi connectivity index (χ1v) is 5.79. The first-order chi connectivity index (χ1) is 5.60. The summed E-state index contributed by atoms with van der Waals surface area (Å²) >= 11 is 0. The van der Waals surface area contributed by atoms with Gasteiger partial charge in [-0.3, -0.25) is 0 Å². The van der Waals surface area contributed by atoms with Crippen molar-refractivity contribution < 1.29 is 12.8 Å². The Morgan fingerprint density at radius 2 is 2.08 bits per heavy atom. The smallest absolute Gasteiger partial charge is 0.191 e. The first kappa shape index (κ1) is 9.92. The topological polar surface area (TPSA) is 60.2 Å². The van der Waals surface area contributed by atoms with Crippen molar-refractivity contribution in [3.05, 3.63) is 0 Å². The second-order valence-electron chi connectivity index (χ2n) is 3.31. The molecule has 1 aliphatic carbocycles. The summed E-state index contributed by atoms with van der Waals surface area (Å²) in [6, 6.07) is -1.23. The van der Waals surface area contributed by atoms with Gasteiger partial charge in [0, 0.05) is 0 Å². The van der Waals surface area contributed by atoms with Gasteiger partial charge >= 0.3 is 0 Å². The molecule has 12 heavy (non-hydrogen) atoms. The summed E-state index contributed by atoms with van der Waals surface area (Å²) in [5.74, 6) is 0.274. The molecule has 2 unspecified atom stereocenters. The second-order valence-corrected chi connectivity index (χ2v) is 5.52. The van der Waals surface area contributed by atoms with E-state index in [-0.39, 0.29) is 5.92 Å². The predicted octanol–water partition coefficient (Wildman–Crippen LogP) is 0.456. The molecule has 2 N–H and O–H groups in total. The third-order valence-electron chi connectivity index (χ3n) is 2.49. The Labute approximate surface area is 72.1 Å². The van der Waals surface area contributed by atoms with Crippen molar-refractivity contribution in [3.8, 4) is 0 Å². The van der Waals surface area contributed by atoms with Crippen LogP contribution in [-0.2, 0) is 9.84 Å². The molecule has 0 aromatic rings. The van der Waals surface area contributed by atoms with Crippen molar-refractivity contribution in [2.45, 2.75) is 24.5 Å². The quantitative estimate of drug-likeness (QED) is 0.711. The van der Waals surface area contributed by atoms with Crippen LogP contribution in [-0.4, -0.2) is 26.2 Å². The van der Waals surface area contributed by atoms with Crippen molar-refractivity contribution in [2.24, 2.45) is 11.7 Å². The summed E-state index contributed by atoms with van der Waals surface area (Å²) < 4.78 is 34.1. The molecule has 1 fully saturated rings. The number of halogens is 1. The van der Waals surface area contributed by atoms with Crippen LogP contribution in [0.3, 0.4) is 0 Å². The molecule has 0 aromatic heterocycles. The zero-order valence-corrected chi connectivity index (χ0v) is 7.69. The van der Waals surface area contributed by atoms with Gasteiger partial charge in [0.15, 0.2) is 15.8 Å². The molecule has 0 radical (unpaired) electrons. The van der Waals surface area contributed by atoms with Gasteiger partial charge in [-0.1, -0.05) is 0 Å². The van der Waals surface area contributed by atoms with Crippen LogP contribution in [0, 0.1) is 5.92 Å². The minimum absolute atomic E-state index is 0.274. The third kappa shape index (κ3) is 1.95. The molecule has 0 saturated heterocycles. The van der Waals surface area contributed by atoms with Crippen molar-refractivity contribution >= 4 is 9.84 Å². The fourth-order valence-corrected chi connectivity index (χ4v) is 2.90. The molecule has 3 nitrogen and oxygen atoms in total. The van der Waals surface area contributed by atoms with Gasteiger partial charge in [-0.2, -0.15) is 0 Å². The van der Waals surface area contributed by atoms with Crippen molar-refractivity contribution in [3.63, 3.8) is 0 Å². The maximum absolute atomic E-state index is 12.0. The molecule has 0 heterocycles. The molecule has 2 atom stereocenters. The van der Waals surface area contributed by atoms with Crippen LogP contribution in [0.15, 0.2) is 0 Å². The lowest BCUT2D eigenvalue weighted by Gasteiger charge is -2.07. The molecular formula is C7H14FNO2S. The van der Waals surface area contributed by atoms with Crippen molar-refractivity contribution in [2.75, 3.05) is 12.6 Å². The van der Waals surface area contributed by atoms with E-state index in [1.807, 2.05) is 0 Å². The highest BCUT2D eigenvalue weighted by Crippen LogP contribution is 2.29. The zero-order valence-electron chi connectivity index (χ0n) is 6.87. The zero-order chi connectivity index (χ0) is 9.19. The highest BCUT2D eigenvalue weighted by Gasteiger charge is 2.33. The second kappa shape index (κ2) is 3.70. The maximum atomic E-state index is 12.0. The Hall–Kier alpha value is -0.160. The summed E-state index contributed by atoms with van der Waals surface area (Å²) in [5.41, 5.74) is 5.39. The van der Waals surface area contributed by atoms with E-state index < -0.39 is 21.1 Å². The molecule has 0 spiro atoms. The lowest BCUT2D eigenvalue weighted by molar-refractivity contribution is 0.517. The Kier molecular flexibility index (Phi) is 3.06. The molecule has 5 heteroatoms. The van der Waals surface area contributed by atoms with Crippen LogP contribution >= 0.6 is 0 Å². The Morgan fingerprint density at radius 1 is 1.42 bits per heavy atom. The highest BCUT2D eigenvalue weighted by atomic mass is 32.2. The maximum Gasteiger partial charge on any atom is 0.191 e. The van der Waals surface area contributed by atoms with Gasteiger partial charge in [0.25, 0.3) is 0 Å². The Balaban J connectivity index is 2.58. The molecule has 1 aliphatic rings. The van der Waals surface area contributed by atoms with Gasteiger partial charge in [0.1, 0.15) is 0 Å². The van der Waals surface area contributed by atoms with Crippen LogP contribution in [0.25, 0.3) is 0 Å². The largest absolute Gasteiger partial charge is 0.330 e. The van der Waals surface area contributed by atoms with Crippen molar-refractivity contribution in [1.82, 2.24) is 0 Å². The van der Waals surface area contributed by atoms with Crippen LogP contribution < -0.4 is 5.73 Å². The van der Waals surface area contributed by atoms with E-state index in [0.29, 0.717) is 19.4 Å². The first-order valence-electron chi connectivity index (χ1n) is 4.07. The van der Waals surface area contributed by atoms with Gasteiger partial charge in [-0.15, -0.1) is 0 Å². The van der Waals surface area contributed by atoms with E-state index >= 15 is 0 Å². The summed E-state index contributed by atoms with van der Waals surface area (Å²) in [6.07, 6.45) is 1.94. The minimum atomic E-state index is -3.46. The number of rotatable bonds is 3. The average Bonchev–Trinajstić information content (AvgIpc) is 2.52. The van der Waals surface area contributed by atoms with E-state index in [2.05, 4.69) is 0 Å². The fourth-order valence-electron chi connectivity index (χ4n) is 1.66. The molecule has 1 saturated carbocycles. The molecular weight excluding hydrogens is 181 g/mol. The summed E-state index contributed by atoms with van der Waals surface area (Å²) in [4.78, 5) is 0.